The third-order valence-electron chi connectivity index (χ3n) is 2.91. The van der Waals surface area contributed by atoms with Crippen molar-refractivity contribution in [2.45, 2.75) is 46.5 Å². The maximum atomic E-state index is 10.2. The van der Waals surface area contributed by atoms with Crippen molar-refractivity contribution in [2.24, 2.45) is 0 Å². The largest absolute Gasteiger partial charge is 0.387 e. The molecule has 0 saturated carbocycles. The molecule has 0 heterocycles. The van der Waals surface area contributed by atoms with Crippen LogP contribution in [0.15, 0.2) is 18.2 Å². The Labute approximate surface area is 110 Å². The van der Waals surface area contributed by atoms with E-state index in [1.807, 2.05) is 13.8 Å². The van der Waals surface area contributed by atoms with Gasteiger partial charge in [0.15, 0.2) is 6.29 Å². The molecule has 3 nitrogen and oxygen atoms in total. The fraction of sp³-hybridized carbons (Fsp3) is 0.600. The van der Waals surface area contributed by atoms with Crippen molar-refractivity contribution in [3.63, 3.8) is 0 Å². The fourth-order valence-electron chi connectivity index (χ4n) is 1.94. The molecule has 1 rings (SSSR count). The molecule has 0 aromatic heterocycles. The minimum atomic E-state index is -0.634. The molecule has 1 N–H and O–H groups in total. The lowest BCUT2D eigenvalue weighted by Gasteiger charge is -2.23. The quantitative estimate of drug-likeness (QED) is 0.758. The summed E-state index contributed by atoms with van der Waals surface area (Å²) < 4.78 is 10.8. The molecule has 0 fully saturated rings. The van der Waals surface area contributed by atoms with Crippen LogP contribution < -0.4 is 0 Å². The van der Waals surface area contributed by atoms with Crippen LogP contribution in [0, 0.1) is 13.8 Å². The highest BCUT2D eigenvalue weighted by Crippen LogP contribution is 2.15. The second-order valence-corrected chi connectivity index (χ2v) is 4.48. The lowest BCUT2D eigenvalue weighted by Crippen LogP contribution is -2.33. The Balaban J connectivity index is 2.71. The Bertz CT molecular complexity index is 357. The summed E-state index contributed by atoms with van der Waals surface area (Å²) in [5, 5.41) is 10.2. The lowest BCUT2D eigenvalue weighted by atomic mass is 10.00. The summed E-state index contributed by atoms with van der Waals surface area (Å²) in [6.45, 7) is 8.98. The number of ether oxygens (including phenoxy) is 2. The molecule has 0 amide bonds. The summed E-state index contributed by atoms with van der Waals surface area (Å²) in [4.78, 5) is 0. The molecule has 1 atom stereocenters. The van der Waals surface area contributed by atoms with E-state index in [-0.39, 0.29) is 0 Å². The van der Waals surface area contributed by atoms with Gasteiger partial charge in [-0.05, 0) is 38.8 Å². The Morgan fingerprint density at radius 2 is 1.72 bits per heavy atom. The summed E-state index contributed by atoms with van der Waals surface area (Å²) >= 11 is 0. The van der Waals surface area contributed by atoms with Gasteiger partial charge in [0.25, 0.3) is 0 Å². The maximum absolute atomic E-state index is 10.2. The Hall–Kier alpha value is -0.900. The van der Waals surface area contributed by atoms with Gasteiger partial charge in [-0.15, -0.1) is 0 Å². The molecule has 1 unspecified atom stereocenters. The number of aryl methyl sites for hydroxylation is 2. The average molecular weight is 252 g/mol. The van der Waals surface area contributed by atoms with Crippen molar-refractivity contribution in [2.75, 3.05) is 13.2 Å². The topological polar surface area (TPSA) is 38.7 Å². The van der Waals surface area contributed by atoms with E-state index in [9.17, 15) is 5.11 Å². The molecule has 18 heavy (non-hydrogen) atoms. The van der Waals surface area contributed by atoms with Crippen molar-refractivity contribution in [3.05, 3.63) is 34.9 Å². The average Bonchev–Trinajstić information content (AvgIpc) is 2.33. The maximum Gasteiger partial charge on any atom is 0.183 e. The Morgan fingerprint density at radius 3 is 2.28 bits per heavy atom. The van der Waals surface area contributed by atoms with Crippen LogP contribution in [0.5, 0.6) is 0 Å². The van der Waals surface area contributed by atoms with Gasteiger partial charge in [0.1, 0.15) is 6.10 Å². The first-order valence-corrected chi connectivity index (χ1v) is 6.55. The van der Waals surface area contributed by atoms with Crippen LogP contribution >= 0.6 is 0 Å². The molecule has 0 radical (unpaired) electrons. The van der Waals surface area contributed by atoms with Crippen LogP contribution in [0.4, 0.5) is 0 Å². The van der Waals surface area contributed by atoms with Crippen molar-refractivity contribution in [1.82, 2.24) is 0 Å². The molecule has 1 aromatic carbocycles. The second-order valence-electron chi connectivity index (χ2n) is 4.48. The monoisotopic (exact) mass is 252 g/mol. The van der Waals surface area contributed by atoms with Gasteiger partial charge in [-0.25, -0.2) is 0 Å². The van der Waals surface area contributed by atoms with E-state index in [0.717, 1.165) is 5.56 Å². The van der Waals surface area contributed by atoms with E-state index in [4.69, 9.17) is 9.47 Å². The predicted octanol–water partition coefficient (Wildman–Crippen LogP) is 2.61. The molecule has 0 aliphatic carbocycles. The first kappa shape index (κ1) is 15.2. The zero-order valence-corrected chi connectivity index (χ0v) is 11.8. The van der Waals surface area contributed by atoms with Crippen LogP contribution in [0.3, 0.4) is 0 Å². The SMILES string of the molecule is CCOC(OCC)C(O)Cc1cc(C)ccc1C. The smallest absolute Gasteiger partial charge is 0.183 e. The molecular weight excluding hydrogens is 228 g/mol. The molecule has 0 aliphatic rings. The summed E-state index contributed by atoms with van der Waals surface area (Å²) in [6, 6.07) is 6.26. The van der Waals surface area contributed by atoms with Gasteiger partial charge in [0, 0.05) is 19.6 Å². The van der Waals surface area contributed by atoms with Crippen molar-refractivity contribution in [3.8, 4) is 0 Å². The zero-order valence-electron chi connectivity index (χ0n) is 11.8. The van der Waals surface area contributed by atoms with Crippen LogP contribution in [0.2, 0.25) is 0 Å². The molecule has 1 aromatic rings. The van der Waals surface area contributed by atoms with Gasteiger partial charge in [-0.2, -0.15) is 0 Å². The minimum absolute atomic E-state index is 0.536. The van der Waals surface area contributed by atoms with Gasteiger partial charge in [0.2, 0.25) is 0 Å². The highest BCUT2D eigenvalue weighted by molar-refractivity contribution is 5.30. The molecular formula is C15H24O3. The van der Waals surface area contributed by atoms with E-state index >= 15 is 0 Å². The van der Waals surface area contributed by atoms with Gasteiger partial charge in [-0.3, -0.25) is 0 Å². The molecule has 0 saturated heterocycles. The van der Waals surface area contributed by atoms with Crippen molar-refractivity contribution >= 4 is 0 Å². The van der Waals surface area contributed by atoms with Gasteiger partial charge in [-0.1, -0.05) is 23.8 Å². The van der Waals surface area contributed by atoms with E-state index < -0.39 is 12.4 Å². The summed E-state index contributed by atoms with van der Waals surface area (Å²) in [6.07, 6.45) is -0.622. The van der Waals surface area contributed by atoms with Crippen LogP contribution in [0.1, 0.15) is 30.5 Å². The predicted molar refractivity (Wildman–Crippen MR) is 72.7 cm³/mol. The highest BCUT2D eigenvalue weighted by atomic mass is 16.7. The number of rotatable bonds is 7. The van der Waals surface area contributed by atoms with Crippen LogP contribution in [-0.4, -0.2) is 30.7 Å². The van der Waals surface area contributed by atoms with Crippen LogP contribution in [0.25, 0.3) is 0 Å². The summed E-state index contributed by atoms with van der Waals surface area (Å²) in [5.74, 6) is 0. The van der Waals surface area contributed by atoms with Gasteiger partial charge < -0.3 is 14.6 Å². The summed E-state index contributed by atoms with van der Waals surface area (Å²) in [5.41, 5.74) is 3.53. The fourth-order valence-corrected chi connectivity index (χ4v) is 1.94. The second kappa shape index (κ2) is 7.52. The van der Waals surface area contributed by atoms with E-state index in [1.165, 1.54) is 11.1 Å². The van der Waals surface area contributed by atoms with Gasteiger partial charge >= 0.3 is 0 Å². The van der Waals surface area contributed by atoms with Crippen LogP contribution in [-0.2, 0) is 15.9 Å². The first-order chi connectivity index (χ1) is 8.58. The van der Waals surface area contributed by atoms with Crippen molar-refractivity contribution in [1.29, 1.82) is 0 Å². The standard InChI is InChI=1S/C15H24O3/c1-5-17-15(18-6-2)14(16)10-13-9-11(3)7-8-12(13)4/h7-9,14-16H,5-6,10H2,1-4H3. The lowest BCUT2D eigenvalue weighted by molar-refractivity contribution is -0.188. The van der Waals surface area contributed by atoms with E-state index in [2.05, 4.69) is 32.0 Å². The Kier molecular flexibility index (Phi) is 6.33. The molecule has 0 spiro atoms. The van der Waals surface area contributed by atoms with E-state index in [1.54, 1.807) is 0 Å². The minimum Gasteiger partial charge on any atom is -0.387 e. The normalized spacial score (nSPS) is 13.0. The number of benzene rings is 1. The number of aliphatic hydroxyl groups excluding tert-OH is 1. The third-order valence-corrected chi connectivity index (χ3v) is 2.91. The zero-order chi connectivity index (χ0) is 13.5. The Morgan fingerprint density at radius 1 is 1.11 bits per heavy atom. The number of aliphatic hydroxyl groups is 1. The number of hydrogen-bond donors (Lipinski definition) is 1. The highest BCUT2D eigenvalue weighted by Gasteiger charge is 2.20. The first-order valence-electron chi connectivity index (χ1n) is 6.55. The molecule has 3 heteroatoms. The molecule has 0 aliphatic heterocycles. The van der Waals surface area contributed by atoms with Crippen molar-refractivity contribution < 1.29 is 14.6 Å². The third kappa shape index (κ3) is 4.41. The summed E-state index contributed by atoms with van der Waals surface area (Å²) in [7, 11) is 0. The molecule has 0 bridgehead atoms. The van der Waals surface area contributed by atoms with E-state index in [0.29, 0.717) is 19.6 Å². The molecule has 102 valence electrons. The number of hydrogen-bond acceptors (Lipinski definition) is 3. The van der Waals surface area contributed by atoms with Gasteiger partial charge in [0.05, 0.1) is 0 Å².